The predicted octanol–water partition coefficient (Wildman–Crippen LogP) is 0.610. The zero-order chi connectivity index (χ0) is 12.2. The van der Waals surface area contributed by atoms with E-state index in [1.54, 1.807) is 6.92 Å². The van der Waals surface area contributed by atoms with Crippen LogP contribution >= 0.6 is 11.6 Å². The van der Waals surface area contributed by atoms with Crippen molar-refractivity contribution in [2.45, 2.75) is 44.7 Å². The molecule has 1 aliphatic rings. The summed E-state index contributed by atoms with van der Waals surface area (Å²) >= 11 is 5.71. The molecule has 0 aromatic rings. The Morgan fingerprint density at radius 1 is 1.56 bits per heavy atom. The van der Waals surface area contributed by atoms with Crippen molar-refractivity contribution in [3.8, 4) is 0 Å². The van der Waals surface area contributed by atoms with Gasteiger partial charge in [0.1, 0.15) is 0 Å². The van der Waals surface area contributed by atoms with Gasteiger partial charge in [0.25, 0.3) is 0 Å². The van der Waals surface area contributed by atoms with Gasteiger partial charge in [-0.25, -0.2) is 0 Å². The maximum Gasteiger partial charge on any atom is 0.229 e. The SMILES string of the molecule is CC(CO)(CCl)C(=O)N[C@@H]1CCCC[C@H]1N. The fourth-order valence-corrected chi connectivity index (χ4v) is 2.06. The summed E-state index contributed by atoms with van der Waals surface area (Å²) in [5.41, 5.74) is 5.04. The van der Waals surface area contributed by atoms with Gasteiger partial charge in [0.15, 0.2) is 0 Å². The Bertz CT molecular complexity index is 244. The van der Waals surface area contributed by atoms with Crippen LogP contribution in [0, 0.1) is 5.41 Å². The number of carbonyl (C=O) groups is 1. The van der Waals surface area contributed by atoms with Crippen molar-refractivity contribution in [1.82, 2.24) is 5.32 Å². The first kappa shape index (κ1) is 13.7. The molecule has 0 heterocycles. The predicted molar refractivity (Wildman–Crippen MR) is 64.3 cm³/mol. The van der Waals surface area contributed by atoms with Crippen LogP contribution in [0.3, 0.4) is 0 Å². The second kappa shape index (κ2) is 5.84. The normalized spacial score (nSPS) is 29.5. The Kier molecular flexibility index (Phi) is 5.02. The molecule has 1 amide bonds. The molecule has 1 aliphatic carbocycles. The van der Waals surface area contributed by atoms with E-state index in [9.17, 15) is 9.90 Å². The summed E-state index contributed by atoms with van der Waals surface area (Å²) in [6, 6.07) is 0.0475. The van der Waals surface area contributed by atoms with Gasteiger partial charge in [-0.2, -0.15) is 0 Å². The van der Waals surface area contributed by atoms with Crippen LogP contribution in [0.5, 0.6) is 0 Å². The molecule has 5 heteroatoms. The molecular formula is C11H21ClN2O2. The van der Waals surface area contributed by atoms with Crippen LogP contribution in [0.2, 0.25) is 0 Å². The molecule has 1 fully saturated rings. The maximum atomic E-state index is 11.9. The average molecular weight is 249 g/mol. The molecule has 0 saturated heterocycles. The molecule has 0 aromatic carbocycles. The molecule has 4 nitrogen and oxygen atoms in total. The third kappa shape index (κ3) is 3.09. The standard InChI is InChI=1S/C11H21ClN2O2/c1-11(6-12,7-15)10(16)14-9-5-3-2-4-8(9)13/h8-9,15H,2-7,13H2,1H3,(H,14,16)/t8-,9-,11?/m1/s1. The minimum absolute atomic E-state index is 0.0235. The van der Waals surface area contributed by atoms with Crippen LogP contribution in [0.4, 0.5) is 0 Å². The molecule has 94 valence electrons. The molecule has 1 unspecified atom stereocenters. The Hall–Kier alpha value is -0.320. The van der Waals surface area contributed by atoms with Gasteiger partial charge in [0.05, 0.1) is 12.0 Å². The second-order valence-electron chi connectivity index (χ2n) is 4.88. The maximum absolute atomic E-state index is 11.9. The number of aliphatic hydroxyl groups excluding tert-OH is 1. The van der Waals surface area contributed by atoms with Crippen LogP contribution in [-0.2, 0) is 4.79 Å². The second-order valence-corrected chi connectivity index (χ2v) is 5.15. The molecule has 0 radical (unpaired) electrons. The van der Waals surface area contributed by atoms with Crippen LogP contribution in [0.25, 0.3) is 0 Å². The van der Waals surface area contributed by atoms with E-state index in [0.717, 1.165) is 25.7 Å². The molecular weight excluding hydrogens is 228 g/mol. The van der Waals surface area contributed by atoms with E-state index in [1.165, 1.54) is 0 Å². The summed E-state index contributed by atoms with van der Waals surface area (Å²) in [4.78, 5) is 11.9. The molecule has 3 atom stereocenters. The first-order valence-electron chi connectivity index (χ1n) is 5.77. The van der Waals surface area contributed by atoms with Gasteiger partial charge < -0.3 is 16.2 Å². The van der Waals surface area contributed by atoms with Crippen molar-refractivity contribution in [2.75, 3.05) is 12.5 Å². The molecule has 4 N–H and O–H groups in total. The van der Waals surface area contributed by atoms with E-state index in [4.69, 9.17) is 17.3 Å². The van der Waals surface area contributed by atoms with E-state index in [0.29, 0.717) is 0 Å². The zero-order valence-electron chi connectivity index (χ0n) is 9.71. The van der Waals surface area contributed by atoms with Crippen molar-refractivity contribution in [2.24, 2.45) is 11.1 Å². The fourth-order valence-electron chi connectivity index (χ4n) is 1.86. The van der Waals surface area contributed by atoms with Gasteiger partial charge in [-0.15, -0.1) is 11.6 Å². The molecule has 1 saturated carbocycles. The summed E-state index contributed by atoms with van der Waals surface area (Å²) in [7, 11) is 0. The minimum atomic E-state index is -0.904. The van der Waals surface area contributed by atoms with E-state index in [1.807, 2.05) is 0 Å². The molecule has 1 rings (SSSR count). The highest BCUT2D eigenvalue weighted by Gasteiger charge is 2.34. The number of amides is 1. The molecule has 16 heavy (non-hydrogen) atoms. The third-order valence-corrected chi connectivity index (χ3v) is 3.92. The molecule has 0 spiro atoms. The number of nitrogens with one attached hydrogen (secondary N) is 1. The lowest BCUT2D eigenvalue weighted by Crippen LogP contribution is -2.54. The summed E-state index contributed by atoms with van der Waals surface area (Å²) < 4.78 is 0. The van der Waals surface area contributed by atoms with Gasteiger partial charge in [-0.05, 0) is 19.8 Å². The number of carbonyl (C=O) groups excluding carboxylic acids is 1. The van der Waals surface area contributed by atoms with Crippen LogP contribution in [0.15, 0.2) is 0 Å². The smallest absolute Gasteiger partial charge is 0.229 e. The highest BCUT2D eigenvalue weighted by atomic mass is 35.5. The van der Waals surface area contributed by atoms with Gasteiger partial charge in [-0.3, -0.25) is 4.79 Å². The number of nitrogens with two attached hydrogens (primary N) is 1. The third-order valence-electron chi connectivity index (χ3n) is 3.33. The van der Waals surface area contributed by atoms with Crippen molar-refractivity contribution >= 4 is 17.5 Å². The largest absolute Gasteiger partial charge is 0.395 e. The number of hydrogen-bond acceptors (Lipinski definition) is 3. The highest BCUT2D eigenvalue weighted by Crippen LogP contribution is 2.21. The van der Waals surface area contributed by atoms with Crippen LogP contribution in [-0.4, -0.2) is 35.6 Å². The Labute approximate surface area is 102 Å². The average Bonchev–Trinajstić information content (AvgIpc) is 2.31. The minimum Gasteiger partial charge on any atom is -0.395 e. The number of hydrogen-bond donors (Lipinski definition) is 3. The van der Waals surface area contributed by atoms with Gasteiger partial charge >= 0.3 is 0 Å². The van der Waals surface area contributed by atoms with E-state index < -0.39 is 5.41 Å². The van der Waals surface area contributed by atoms with Crippen LogP contribution < -0.4 is 11.1 Å². The van der Waals surface area contributed by atoms with Crippen molar-refractivity contribution in [3.05, 3.63) is 0 Å². The quantitative estimate of drug-likeness (QED) is 0.638. The zero-order valence-corrected chi connectivity index (χ0v) is 10.5. The Morgan fingerprint density at radius 3 is 2.69 bits per heavy atom. The molecule has 0 aliphatic heterocycles. The summed E-state index contributed by atoms with van der Waals surface area (Å²) in [6.07, 6.45) is 4.08. The van der Waals surface area contributed by atoms with Crippen molar-refractivity contribution in [1.29, 1.82) is 0 Å². The number of alkyl halides is 1. The monoisotopic (exact) mass is 248 g/mol. The lowest BCUT2D eigenvalue weighted by Gasteiger charge is -2.33. The lowest BCUT2D eigenvalue weighted by molar-refractivity contribution is -0.132. The number of rotatable bonds is 4. The summed E-state index contributed by atoms with van der Waals surface area (Å²) in [5, 5.41) is 12.1. The number of halogens is 1. The highest BCUT2D eigenvalue weighted by molar-refractivity contribution is 6.20. The molecule has 0 aromatic heterocycles. The van der Waals surface area contributed by atoms with E-state index >= 15 is 0 Å². The first-order chi connectivity index (χ1) is 7.53. The first-order valence-corrected chi connectivity index (χ1v) is 6.30. The van der Waals surface area contributed by atoms with Gasteiger partial charge in [-0.1, -0.05) is 12.8 Å². The van der Waals surface area contributed by atoms with Gasteiger partial charge in [0, 0.05) is 18.0 Å². The Morgan fingerprint density at radius 2 is 2.19 bits per heavy atom. The summed E-state index contributed by atoms with van der Waals surface area (Å²) in [5.74, 6) is -0.0931. The molecule has 0 bridgehead atoms. The van der Waals surface area contributed by atoms with E-state index in [-0.39, 0.29) is 30.5 Å². The van der Waals surface area contributed by atoms with Crippen LogP contribution in [0.1, 0.15) is 32.6 Å². The lowest BCUT2D eigenvalue weighted by atomic mass is 9.88. The van der Waals surface area contributed by atoms with Crippen molar-refractivity contribution < 1.29 is 9.90 Å². The summed E-state index contributed by atoms with van der Waals surface area (Å²) in [6.45, 7) is 1.41. The Balaban J connectivity index is 2.55. The van der Waals surface area contributed by atoms with E-state index in [2.05, 4.69) is 5.32 Å². The fraction of sp³-hybridized carbons (Fsp3) is 0.909. The number of aliphatic hydroxyl groups is 1. The van der Waals surface area contributed by atoms with Gasteiger partial charge in [0.2, 0.25) is 5.91 Å². The van der Waals surface area contributed by atoms with Crippen molar-refractivity contribution in [3.63, 3.8) is 0 Å². The topological polar surface area (TPSA) is 75.3 Å².